The van der Waals surface area contributed by atoms with E-state index in [1.54, 1.807) is 0 Å². The van der Waals surface area contributed by atoms with Crippen LogP contribution in [0.15, 0.2) is 24.9 Å². The molecule has 1 aromatic heterocycles. The fourth-order valence-electron chi connectivity index (χ4n) is 2.17. The van der Waals surface area contributed by atoms with Crippen LogP contribution in [0, 0.1) is 0 Å². The normalized spacial score (nSPS) is 17.5. The molecule has 1 aliphatic rings. The molecule has 17 heavy (non-hydrogen) atoms. The lowest BCUT2D eigenvalue weighted by atomic mass is 10.2. The summed E-state index contributed by atoms with van der Waals surface area (Å²) in [5, 5.41) is 0. The minimum absolute atomic E-state index is 0.647. The lowest BCUT2D eigenvalue weighted by Crippen LogP contribution is -2.49. The van der Waals surface area contributed by atoms with Gasteiger partial charge in [0.2, 0.25) is 0 Å². The molecule has 2 rings (SSSR count). The Morgan fingerprint density at radius 3 is 2.41 bits per heavy atom. The van der Waals surface area contributed by atoms with Crippen molar-refractivity contribution in [3.05, 3.63) is 30.5 Å². The van der Waals surface area contributed by atoms with Crippen molar-refractivity contribution in [1.82, 2.24) is 9.88 Å². The molecule has 0 bridgehead atoms. The van der Waals surface area contributed by atoms with Crippen LogP contribution in [0.5, 0.6) is 0 Å². The van der Waals surface area contributed by atoms with Crippen LogP contribution in [0.25, 0.3) is 6.08 Å². The van der Waals surface area contributed by atoms with E-state index in [1.165, 1.54) is 0 Å². The van der Waals surface area contributed by atoms with Crippen LogP contribution in [-0.4, -0.2) is 42.1 Å². The van der Waals surface area contributed by atoms with Gasteiger partial charge in [0.1, 0.15) is 5.82 Å². The van der Waals surface area contributed by atoms with E-state index in [1.807, 2.05) is 12.3 Å². The first kappa shape index (κ1) is 12.1. The van der Waals surface area contributed by atoms with Crippen LogP contribution in [-0.2, 0) is 0 Å². The molecule has 0 aromatic carbocycles. The summed E-state index contributed by atoms with van der Waals surface area (Å²) >= 11 is 0. The van der Waals surface area contributed by atoms with Crippen molar-refractivity contribution in [3.8, 4) is 0 Å². The highest BCUT2D eigenvalue weighted by atomic mass is 15.3. The highest BCUT2D eigenvalue weighted by molar-refractivity contribution is 5.49. The molecule has 1 saturated heterocycles. The maximum absolute atomic E-state index is 4.48. The molecule has 1 fully saturated rings. The van der Waals surface area contributed by atoms with Gasteiger partial charge in [-0.1, -0.05) is 12.7 Å². The Bertz CT molecular complexity index is 362. The second kappa shape index (κ2) is 5.32. The predicted octanol–water partition coefficient (Wildman–Crippen LogP) is 2.26. The molecule has 0 saturated carbocycles. The van der Waals surface area contributed by atoms with Crippen molar-refractivity contribution >= 4 is 11.9 Å². The molecule has 2 heterocycles. The fraction of sp³-hybridized carbons (Fsp3) is 0.500. The van der Waals surface area contributed by atoms with Crippen molar-refractivity contribution < 1.29 is 0 Å². The van der Waals surface area contributed by atoms with Gasteiger partial charge in [-0.3, -0.25) is 4.90 Å². The molecule has 0 aliphatic carbocycles. The maximum atomic E-state index is 4.48. The average molecular weight is 231 g/mol. The first-order valence-corrected chi connectivity index (χ1v) is 6.28. The van der Waals surface area contributed by atoms with Crippen molar-refractivity contribution in [2.45, 2.75) is 19.9 Å². The Labute approximate surface area is 104 Å². The molecule has 0 N–H and O–H groups in total. The topological polar surface area (TPSA) is 19.4 Å². The molecular formula is C14H21N3. The average Bonchev–Trinajstić information content (AvgIpc) is 2.39. The first-order chi connectivity index (χ1) is 8.20. The molecule has 0 spiro atoms. The quantitative estimate of drug-likeness (QED) is 0.795. The standard InChI is InChI=1S/C14H21N3/c1-4-13-5-6-14(15-11-13)17-9-7-16(8-10-17)12(2)3/h4-6,11-12H,1,7-10H2,2-3H3. The Balaban J connectivity index is 1.97. The number of pyridine rings is 1. The van der Waals surface area contributed by atoms with E-state index in [2.05, 4.69) is 47.3 Å². The van der Waals surface area contributed by atoms with E-state index in [-0.39, 0.29) is 0 Å². The molecule has 0 unspecified atom stereocenters. The van der Waals surface area contributed by atoms with Crippen LogP contribution in [0.1, 0.15) is 19.4 Å². The Kier molecular flexibility index (Phi) is 3.79. The molecule has 0 radical (unpaired) electrons. The summed E-state index contributed by atoms with van der Waals surface area (Å²) in [6, 6.07) is 4.81. The number of anilines is 1. The third-order valence-corrected chi connectivity index (χ3v) is 3.38. The van der Waals surface area contributed by atoms with Gasteiger partial charge in [0.25, 0.3) is 0 Å². The highest BCUT2D eigenvalue weighted by Crippen LogP contribution is 2.15. The number of nitrogens with zero attached hydrogens (tertiary/aromatic N) is 3. The number of hydrogen-bond donors (Lipinski definition) is 0. The van der Waals surface area contributed by atoms with Gasteiger partial charge >= 0.3 is 0 Å². The van der Waals surface area contributed by atoms with Crippen LogP contribution in [0.4, 0.5) is 5.82 Å². The van der Waals surface area contributed by atoms with Gasteiger partial charge < -0.3 is 4.90 Å². The summed E-state index contributed by atoms with van der Waals surface area (Å²) < 4.78 is 0. The minimum atomic E-state index is 0.647. The maximum Gasteiger partial charge on any atom is 0.128 e. The van der Waals surface area contributed by atoms with Crippen molar-refractivity contribution in [2.75, 3.05) is 31.1 Å². The molecule has 92 valence electrons. The number of piperazine rings is 1. The zero-order valence-electron chi connectivity index (χ0n) is 10.8. The molecule has 1 aromatic rings. The Morgan fingerprint density at radius 2 is 1.94 bits per heavy atom. The first-order valence-electron chi connectivity index (χ1n) is 6.28. The summed E-state index contributed by atoms with van der Waals surface area (Å²) in [6.45, 7) is 12.6. The van der Waals surface area contributed by atoms with Gasteiger partial charge in [-0.25, -0.2) is 4.98 Å². The zero-order chi connectivity index (χ0) is 12.3. The van der Waals surface area contributed by atoms with E-state index in [9.17, 15) is 0 Å². The summed E-state index contributed by atoms with van der Waals surface area (Å²) in [5.74, 6) is 1.08. The molecule has 1 aliphatic heterocycles. The van der Waals surface area contributed by atoms with Gasteiger partial charge in [0.15, 0.2) is 0 Å². The largest absolute Gasteiger partial charge is 0.354 e. The van der Waals surface area contributed by atoms with Crippen LogP contribution < -0.4 is 4.90 Å². The molecular weight excluding hydrogens is 210 g/mol. The zero-order valence-corrected chi connectivity index (χ0v) is 10.8. The van der Waals surface area contributed by atoms with Crippen molar-refractivity contribution in [3.63, 3.8) is 0 Å². The monoisotopic (exact) mass is 231 g/mol. The summed E-state index contributed by atoms with van der Waals surface area (Å²) in [6.07, 6.45) is 3.71. The van der Waals surface area contributed by atoms with Gasteiger partial charge in [0.05, 0.1) is 0 Å². The predicted molar refractivity (Wildman–Crippen MR) is 73.3 cm³/mol. The van der Waals surface area contributed by atoms with E-state index >= 15 is 0 Å². The van der Waals surface area contributed by atoms with E-state index < -0.39 is 0 Å². The van der Waals surface area contributed by atoms with Crippen molar-refractivity contribution in [1.29, 1.82) is 0 Å². The lowest BCUT2D eigenvalue weighted by molar-refractivity contribution is 0.209. The van der Waals surface area contributed by atoms with Crippen LogP contribution >= 0.6 is 0 Å². The van der Waals surface area contributed by atoms with Crippen LogP contribution in [0.3, 0.4) is 0 Å². The number of hydrogen-bond acceptors (Lipinski definition) is 3. The second-order valence-corrected chi connectivity index (χ2v) is 4.77. The lowest BCUT2D eigenvalue weighted by Gasteiger charge is -2.37. The summed E-state index contributed by atoms with van der Waals surface area (Å²) in [4.78, 5) is 9.34. The summed E-state index contributed by atoms with van der Waals surface area (Å²) in [7, 11) is 0. The van der Waals surface area contributed by atoms with Gasteiger partial charge in [-0.05, 0) is 31.5 Å². The minimum Gasteiger partial charge on any atom is -0.354 e. The van der Waals surface area contributed by atoms with Crippen molar-refractivity contribution in [2.24, 2.45) is 0 Å². The third kappa shape index (κ3) is 2.86. The molecule has 0 amide bonds. The SMILES string of the molecule is C=Cc1ccc(N2CCN(C(C)C)CC2)nc1. The second-order valence-electron chi connectivity index (χ2n) is 4.77. The number of aromatic nitrogens is 1. The van der Waals surface area contributed by atoms with Gasteiger partial charge in [0, 0.05) is 38.4 Å². The molecule has 3 heteroatoms. The number of rotatable bonds is 3. The van der Waals surface area contributed by atoms with Gasteiger partial charge in [-0.15, -0.1) is 0 Å². The van der Waals surface area contributed by atoms with Gasteiger partial charge in [-0.2, -0.15) is 0 Å². The van der Waals surface area contributed by atoms with E-state index in [0.717, 1.165) is 37.6 Å². The Hall–Kier alpha value is -1.35. The third-order valence-electron chi connectivity index (χ3n) is 3.38. The molecule has 0 atom stereocenters. The van der Waals surface area contributed by atoms with E-state index in [0.29, 0.717) is 6.04 Å². The van der Waals surface area contributed by atoms with E-state index in [4.69, 9.17) is 0 Å². The highest BCUT2D eigenvalue weighted by Gasteiger charge is 2.19. The molecule has 3 nitrogen and oxygen atoms in total. The Morgan fingerprint density at radius 1 is 1.24 bits per heavy atom. The smallest absolute Gasteiger partial charge is 0.128 e. The van der Waals surface area contributed by atoms with Crippen LogP contribution in [0.2, 0.25) is 0 Å². The fourth-order valence-corrected chi connectivity index (χ4v) is 2.17. The summed E-state index contributed by atoms with van der Waals surface area (Å²) in [5.41, 5.74) is 1.08.